The van der Waals surface area contributed by atoms with Gasteiger partial charge in [-0.15, -0.1) is 0 Å². The molecule has 0 aromatic heterocycles. The Labute approximate surface area is 118 Å². The minimum atomic E-state index is -0.763. The number of anilines is 1. The van der Waals surface area contributed by atoms with Crippen LogP contribution in [0.15, 0.2) is 21.1 Å². The van der Waals surface area contributed by atoms with Crippen molar-refractivity contribution in [2.45, 2.75) is 32.7 Å². The van der Waals surface area contributed by atoms with E-state index in [0.717, 1.165) is 20.2 Å². The second-order valence-electron chi connectivity index (χ2n) is 4.08. The molecule has 0 aliphatic rings. The molecular weight excluding hydrogens is 350 g/mol. The Morgan fingerprint density at radius 2 is 1.94 bits per heavy atom. The van der Waals surface area contributed by atoms with Crippen LogP contribution in [-0.4, -0.2) is 17.1 Å². The number of nitrogens with one attached hydrogen (secondary N) is 1. The number of aryl methyl sites for hydroxylation is 1. The summed E-state index contributed by atoms with van der Waals surface area (Å²) in [7, 11) is 0. The van der Waals surface area contributed by atoms with Gasteiger partial charge in [-0.3, -0.25) is 4.79 Å². The van der Waals surface area contributed by atoms with Gasteiger partial charge in [-0.05, 0) is 69.8 Å². The highest BCUT2D eigenvalue weighted by molar-refractivity contribution is 9.11. The fourth-order valence-corrected chi connectivity index (χ4v) is 3.14. The Morgan fingerprint density at radius 1 is 1.41 bits per heavy atom. The minimum absolute atomic E-state index is 0.112. The Kier molecular flexibility index (Phi) is 5.46. The second kappa shape index (κ2) is 6.40. The largest absolute Gasteiger partial charge is 0.481 e. The highest BCUT2D eigenvalue weighted by atomic mass is 79.9. The molecule has 5 heteroatoms. The molecule has 1 rings (SSSR count). The van der Waals surface area contributed by atoms with Crippen LogP contribution in [0.1, 0.15) is 25.3 Å². The van der Waals surface area contributed by atoms with Gasteiger partial charge in [0.05, 0.1) is 5.69 Å². The maximum Gasteiger partial charge on any atom is 0.303 e. The van der Waals surface area contributed by atoms with Crippen molar-refractivity contribution in [3.8, 4) is 0 Å². The third-order valence-electron chi connectivity index (χ3n) is 2.37. The Morgan fingerprint density at radius 3 is 2.41 bits per heavy atom. The van der Waals surface area contributed by atoms with Crippen LogP contribution in [-0.2, 0) is 4.79 Å². The number of halogens is 2. The van der Waals surface area contributed by atoms with E-state index in [1.807, 2.05) is 26.0 Å². The third kappa shape index (κ3) is 4.68. The van der Waals surface area contributed by atoms with E-state index in [4.69, 9.17) is 5.11 Å². The molecule has 0 amide bonds. The van der Waals surface area contributed by atoms with Crippen molar-refractivity contribution < 1.29 is 9.90 Å². The molecule has 3 nitrogen and oxygen atoms in total. The van der Waals surface area contributed by atoms with Gasteiger partial charge in [0.1, 0.15) is 0 Å². The lowest BCUT2D eigenvalue weighted by Crippen LogP contribution is -2.17. The first kappa shape index (κ1) is 14.5. The van der Waals surface area contributed by atoms with E-state index in [9.17, 15) is 4.79 Å². The number of carboxylic acid groups (broad SMARTS) is 1. The predicted octanol–water partition coefficient (Wildman–Crippen LogP) is 4.19. The van der Waals surface area contributed by atoms with Gasteiger partial charge in [-0.2, -0.15) is 0 Å². The summed E-state index contributed by atoms with van der Waals surface area (Å²) in [6.45, 7) is 3.99. The van der Waals surface area contributed by atoms with Crippen LogP contribution in [0.25, 0.3) is 0 Å². The van der Waals surface area contributed by atoms with Gasteiger partial charge in [0.25, 0.3) is 0 Å². The first-order chi connectivity index (χ1) is 7.90. The number of hydrogen-bond acceptors (Lipinski definition) is 2. The van der Waals surface area contributed by atoms with Crippen molar-refractivity contribution in [2.24, 2.45) is 0 Å². The topological polar surface area (TPSA) is 49.3 Å². The number of rotatable bonds is 5. The lowest BCUT2D eigenvalue weighted by molar-refractivity contribution is -0.137. The quantitative estimate of drug-likeness (QED) is 0.823. The lowest BCUT2D eigenvalue weighted by Gasteiger charge is -2.17. The molecular formula is C12H15Br2NO2. The van der Waals surface area contributed by atoms with E-state index < -0.39 is 5.97 Å². The highest BCUT2D eigenvalue weighted by Crippen LogP contribution is 2.33. The molecule has 1 unspecified atom stereocenters. The van der Waals surface area contributed by atoms with Crippen LogP contribution < -0.4 is 5.32 Å². The Bertz CT molecular complexity index is 398. The minimum Gasteiger partial charge on any atom is -0.481 e. The number of carbonyl (C=O) groups is 1. The van der Waals surface area contributed by atoms with Crippen molar-refractivity contribution in [3.63, 3.8) is 0 Å². The molecule has 0 aliphatic carbocycles. The van der Waals surface area contributed by atoms with E-state index in [1.165, 1.54) is 0 Å². The molecule has 17 heavy (non-hydrogen) atoms. The molecule has 0 spiro atoms. The molecule has 0 fully saturated rings. The summed E-state index contributed by atoms with van der Waals surface area (Å²) in [6.07, 6.45) is 0.775. The molecule has 1 aromatic rings. The van der Waals surface area contributed by atoms with E-state index in [1.54, 1.807) is 0 Å². The van der Waals surface area contributed by atoms with E-state index in [-0.39, 0.29) is 12.5 Å². The van der Waals surface area contributed by atoms with Crippen molar-refractivity contribution >= 4 is 43.5 Å². The molecule has 1 atom stereocenters. The van der Waals surface area contributed by atoms with E-state index >= 15 is 0 Å². The molecule has 0 radical (unpaired) electrons. The zero-order chi connectivity index (χ0) is 13.0. The Balaban J connectivity index is 2.71. The van der Waals surface area contributed by atoms with Crippen LogP contribution in [0.4, 0.5) is 5.69 Å². The second-order valence-corrected chi connectivity index (χ2v) is 5.79. The summed E-state index contributed by atoms with van der Waals surface area (Å²) in [4.78, 5) is 10.5. The van der Waals surface area contributed by atoms with Crippen LogP contribution in [0.5, 0.6) is 0 Å². The normalized spacial score (nSPS) is 12.2. The predicted molar refractivity (Wildman–Crippen MR) is 76.5 cm³/mol. The van der Waals surface area contributed by atoms with Gasteiger partial charge in [-0.25, -0.2) is 0 Å². The average Bonchev–Trinajstić information content (AvgIpc) is 2.20. The summed E-state index contributed by atoms with van der Waals surface area (Å²) in [5.74, 6) is -0.763. The maximum atomic E-state index is 10.5. The molecule has 0 bridgehead atoms. The van der Waals surface area contributed by atoms with Crippen LogP contribution in [0, 0.1) is 6.92 Å². The fraction of sp³-hybridized carbons (Fsp3) is 0.417. The summed E-state index contributed by atoms with van der Waals surface area (Å²) >= 11 is 7.00. The van der Waals surface area contributed by atoms with Crippen LogP contribution in [0.2, 0.25) is 0 Å². The zero-order valence-corrected chi connectivity index (χ0v) is 12.9. The average molecular weight is 365 g/mol. The lowest BCUT2D eigenvalue weighted by atomic mass is 10.1. The third-order valence-corrected chi connectivity index (χ3v) is 3.62. The van der Waals surface area contributed by atoms with E-state index in [0.29, 0.717) is 6.42 Å². The first-order valence-electron chi connectivity index (χ1n) is 5.34. The van der Waals surface area contributed by atoms with E-state index in [2.05, 4.69) is 37.2 Å². The first-order valence-corrected chi connectivity index (χ1v) is 6.92. The smallest absolute Gasteiger partial charge is 0.303 e. The van der Waals surface area contributed by atoms with Crippen molar-refractivity contribution in [1.29, 1.82) is 0 Å². The van der Waals surface area contributed by atoms with Gasteiger partial charge in [0.2, 0.25) is 0 Å². The highest BCUT2D eigenvalue weighted by Gasteiger charge is 2.10. The summed E-state index contributed by atoms with van der Waals surface area (Å²) < 4.78 is 1.96. The molecule has 0 aliphatic heterocycles. The van der Waals surface area contributed by atoms with Gasteiger partial charge in [-0.1, -0.05) is 0 Å². The summed E-state index contributed by atoms with van der Waals surface area (Å²) in [5, 5.41) is 11.9. The Hall–Kier alpha value is -0.550. The molecule has 1 aromatic carbocycles. The van der Waals surface area contributed by atoms with Crippen molar-refractivity contribution in [1.82, 2.24) is 0 Å². The van der Waals surface area contributed by atoms with Gasteiger partial charge < -0.3 is 10.4 Å². The summed E-state index contributed by atoms with van der Waals surface area (Å²) in [5.41, 5.74) is 2.13. The number of aliphatic carboxylic acids is 1. The van der Waals surface area contributed by atoms with Crippen LogP contribution in [0.3, 0.4) is 0 Å². The molecule has 0 heterocycles. The van der Waals surface area contributed by atoms with Crippen LogP contribution >= 0.6 is 31.9 Å². The standard InChI is InChI=1S/C12H15Br2NO2/c1-7-5-9(13)12(10(14)6-7)15-8(2)3-4-11(16)17/h5-6,8,15H,3-4H2,1-2H3,(H,16,17). The monoisotopic (exact) mass is 363 g/mol. The number of hydrogen-bond donors (Lipinski definition) is 2. The van der Waals surface area contributed by atoms with Crippen molar-refractivity contribution in [2.75, 3.05) is 5.32 Å². The summed E-state index contributed by atoms with van der Waals surface area (Å²) in [6, 6.07) is 4.16. The molecule has 2 N–H and O–H groups in total. The SMILES string of the molecule is Cc1cc(Br)c(NC(C)CCC(=O)O)c(Br)c1. The molecule has 0 saturated heterocycles. The fourth-order valence-electron chi connectivity index (χ4n) is 1.50. The maximum absolute atomic E-state index is 10.5. The molecule has 0 saturated carbocycles. The number of benzene rings is 1. The molecule has 94 valence electrons. The van der Waals surface area contributed by atoms with Gasteiger partial charge >= 0.3 is 5.97 Å². The number of carboxylic acids is 1. The van der Waals surface area contributed by atoms with Gasteiger partial charge in [0, 0.05) is 21.4 Å². The van der Waals surface area contributed by atoms with Crippen molar-refractivity contribution in [3.05, 3.63) is 26.6 Å². The van der Waals surface area contributed by atoms with Gasteiger partial charge in [0.15, 0.2) is 0 Å². The zero-order valence-electron chi connectivity index (χ0n) is 9.76.